The van der Waals surface area contributed by atoms with Crippen molar-refractivity contribution >= 4 is 23.8 Å². The molecule has 0 aliphatic heterocycles. The molecule has 0 atom stereocenters. The van der Waals surface area contributed by atoms with Gasteiger partial charge in [0.1, 0.15) is 5.75 Å². The fourth-order valence-electron chi connectivity index (χ4n) is 2.03. The predicted molar refractivity (Wildman–Crippen MR) is 84.8 cm³/mol. The van der Waals surface area contributed by atoms with E-state index in [2.05, 4.69) is 4.98 Å². The van der Waals surface area contributed by atoms with Gasteiger partial charge < -0.3 is 14.0 Å². The van der Waals surface area contributed by atoms with E-state index in [1.807, 2.05) is 0 Å². The first-order valence-electron chi connectivity index (χ1n) is 6.24. The molecule has 21 heavy (non-hydrogen) atoms. The standard InChI is InChI=1S/C14H15ClN2O3S/c1-19-6-5-17-11(8-13(18)16-14(17)21)10-7-9(15)3-4-12(10)20-2/h3-4,7-8H,5-6H2,1-2H3,(H,16,18,21). The highest BCUT2D eigenvalue weighted by molar-refractivity contribution is 7.71. The third kappa shape index (κ3) is 3.53. The van der Waals surface area contributed by atoms with Gasteiger partial charge in [-0.15, -0.1) is 0 Å². The molecule has 7 heteroatoms. The zero-order valence-electron chi connectivity index (χ0n) is 11.7. The Morgan fingerprint density at radius 3 is 2.76 bits per heavy atom. The molecular weight excluding hydrogens is 312 g/mol. The number of hydrogen-bond donors (Lipinski definition) is 1. The maximum Gasteiger partial charge on any atom is 0.252 e. The normalized spacial score (nSPS) is 10.6. The largest absolute Gasteiger partial charge is 0.496 e. The van der Waals surface area contributed by atoms with E-state index in [0.29, 0.717) is 40.0 Å². The topological polar surface area (TPSA) is 56.2 Å². The summed E-state index contributed by atoms with van der Waals surface area (Å²) in [6, 6.07) is 6.70. The van der Waals surface area contributed by atoms with E-state index in [9.17, 15) is 4.79 Å². The van der Waals surface area contributed by atoms with Gasteiger partial charge in [0.05, 0.1) is 19.4 Å². The van der Waals surface area contributed by atoms with Crippen molar-refractivity contribution in [2.45, 2.75) is 6.54 Å². The molecule has 0 bridgehead atoms. The van der Waals surface area contributed by atoms with Crippen LogP contribution >= 0.6 is 23.8 Å². The number of rotatable bonds is 5. The molecule has 0 spiro atoms. The maximum absolute atomic E-state index is 11.8. The summed E-state index contributed by atoms with van der Waals surface area (Å²) in [5.41, 5.74) is 1.07. The number of nitrogens with one attached hydrogen (secondary N) is 1. The van der Waals surface area contributed by atoms with E-state index in [4.69, 9.17) is 33.3 Å². The lowest BCUT2D eigenvalue weighted by Crippen LogP contribution is -2.17. The summed E-state index contributed by atoms with van der Waals surface area (Å²) < 4.78 is 12.5. The Kier molecular flexibility index (Phi) is 5.17. The van der Waals surface area contributed by atoms with E-state index >= 15 is 0 Å². The third-order valence-corrected chi connectivity index (χ3v) is 3.55. The number of H-pyrrole nitrogens is 1. The number of methoxy groups -OCH3 is 2. The van der Waals surface area contributed by atoms with Crippen LogP contribution in [0.5, 0.6) is 5.75 Å². The first kappa shape index (κ1) is 15.8. The number of aromatic nitrogens is 2. The van der Waals surface area contributed by atoms with E-state index in [1.54, 1.807) is 37.0 Å². The van der Waals surface area contributed by atoms with Crippen LogP contribution in [0.2, 0.25) is 5.02 Å². The highest BCUT2D eigenvalue weighted by Gasteiger charge is 2.12. The Morgan fingerprint density at radius 2 is 2.10 bits per heavy atom. The van der Waals surface area contributed by atoms with E-state index in [1.165, 1.54) is 6.07 Å². The van der Waals surface area contributed by atoms with E-state index < -0.39 is 0 Å². The average Bonchev–Trinajstić information content (AvgIpc) is 2.45. The van der Waals surface area contributed by atoms with E-state index in [0.717, 1.165) is 0 Å². The van der Waals surface area contributed by atoms with Crippen LogP contribution < -0.4 is 10.3 Å². The summed E-state index contributed by atoms with van der Waals surface area (Å²) in [7, 11) is 3.17. The summed E-state index contributed by atoms with van der Waals surface area (Å²) in [6.07, 6.45) is 0. The SMILES string of the molecule is COCCn1c(-c2cc(Cl)ccc2OC)cc(=O)[nH]c1=S. The van der Waals surface area contributed by atoms with Crippen LogP contribution in [-0.4, -0.2) is 30.4 Å². The zero-order valence-corrected chi connectivity index (χ0v) is 13.3. The van der Waals surface area contributed by atoms with Gasteiger partial charge in [-0.3, -0.25) is 9.78 Å². The van der Waals surface area contributed by atoms with Gasteiger partial charge in [-0.25, -0.2) is 0 Å². The molecule has 0 radical (unpaired) electrons. The smallest absolute Gasteiger partial charge is 0.252 e. The Morgan fingerprint density at radius 1 is 1.33 bits per heavy atom. The second kappa shape index (κ2) is 6.89. The molecule has 0 saturated carbocycles. The van der Waals surface area contributed by atoms with Crippen LogP contribution in [0.4, 0.5) is 0 Å². The number of benzene rings is 1. The molecular formula is C14H15ClN2O3S. The van der Waals surface area contributed by atoms with Gasteiger partial charge in [0.25, 0.3) is 5.56 Å². The minimum atomic E-state index is -0.273. The molecule has 2 rings (SSSR count). The highest BCUT2D eigenvalue weighted by atomic mass is 35.5. The van der Waals surface area contributed by atoms with Gasteiger partial charge in [-0.05, 0) is 30.4 Å². The molecule has 0 unspecified atom stereocenters. The van der Waals surface area contributed by atoms with Crippen LogP contribution in [0.15, 0.2) is 29.1 Å². The quantitative estimate of drug-likeness (QED) is 0.858. The molecule has 0 fully saturated rings. The molecule has 0 aliphatic rings. The minimum absolute atomic E-state index is 0.273. The third-order valence-electron chi connectivity index (χ3n) is 2.99. The van der Waals surface area contributed by atoms with Gasteiger partial charge in [0.15, 0.2) is 4.77 Å². The minimum Gasteiger partial charge on any atom is -0.496 e. The van der Waals surface area contributed by atoms with Crippen molar-refractivity contribution in [1.82, 2.24) is 9.55 Å². The number of aromatic amines is 1. The highest BCUT2D eigenvalue weighted by Crippen LogP contribution is 2.31. The van der Waals surface area contributed by atoms with Crippen LogP contribution in [0.1, 0.15) is 0 Å². The van der Waals surface area contributed by atoms with Crippen LogP contribution in [-0.2, 0) is 11.3 Å². The molecule has 1 heterocycles. The van der Waals surface area contributed by atoms with Crippen molar-refractivity contribution in [2.75, 3.05) is 20.8 Å². The number of nitrogens with zero attached hydrogens (tertiary/aromatic N) is 1. The van der Waals surface area contributed by atoms with Crippen molar-refractivity contribution < 1.29 is 9.47 Å². The second-order valence-corrected chi connectivity index (χ2v) is 5.14. The molecule has 0 amide bonds. The van der Waals surface area contributed by atoms with Gasteiger partial charge in [-0.2, -0.15) is 0 Å². The van der Waals surface area contributed by atoms with Gasteiger partial charge in [0.2, 0.25) is 0 Å². The second-order valence-electron chi connectivity index (χ2n) is 4.31. The maximum atomic E-state index is 11.8. The van der Waals surface area contributed by atoms with E-state index in [-0.39, 0.29) is 5.56 Å². The summed E-state index contributed by atoms with van der Waals surface area (Å²) in [5, 5.41) is 0.551. The molecule has 112 valence electrons. The van der Waals surface area contributed by atoms with Crippen LogP contribution in [0.3, 0.4) is 0 Å². The number of hydrogen-bond acceptors (Lipinski definition) is 4. The van der Waals surface area contributed by atoms with Gasteiger partial charge in [0, 0.05) is 30.3 Å². The summed E-state index contributed by atoms with van der Waals surface area (Å²) in [4.78, 5) is 14.4. The first-order chi connectivity index (χ1) is 10.1. The van der Waals surface area contributed by atoms with Crippen LogP contribution in [0.25, 0.3) is 11.3 Å². The summed E-state index contributed by atoms with van der Waals surface area (Å²) in [6.45, 7) is 0.980. The Hall–Kier alpha value is -1.63. The van der Waals surface area contributed by atoms with Crippen molar-refractivity contribution in [1.29, 1.82) is 0 Å². The molecule has 0 aliphatic carbocycles. The molecule has 5 nitrogen and oxygen atoms in total. The van der Waals surface area contributed by atoms with Gasteiger partial charge >= 0.3 is 0 Å². The molecule has 1 N–H and O–H groups in total. The van der Waals surface area contributed by atoms with Crippen molar-refractivity contribution in [3.63, 3.8) is 0 Å². The molecule has 1 aromatic carbocycles. The lowest BCUT2D eigenvalue weighted by Gasteiger charge is -2.15. The molecule has 1 aromatic heterocycles. The van der Waals surface area contributed by atoms with Crippen molar-refractivity contribution in [3.05, 3.63) is 44.4 Å². The molecule has 2 aromatic rings. The lowest BCUT2D eigenvalue weighted by molar-refractivity contribution is 0.186. The fraction of sp³-hybridized carbons (Fsp3) is 0.286. The predicted octanol–water partition coefficient (Wildman–Crippen LogP) is 2.88. The monoisotopic (exact) mass is 326 g/mol. The summed E-state index contributed by atoms with van der Waals surface area (Å²) >= 11 is 11.3. The molecule has 0 saturated heterocycles. The summed E-state index contributed by atoms with van der Waals surface area (Å²) in [5.74, 6) is 0.616. The van der Waals surface area contributed by atoms with Gasteiger partial charge in [-0.1, -0.05) is 11.6 Å². The van der Waals surface area contributed by atoms with Crippen molar-refractivity contribution in [2.24, 2.45) is 0 Å². The number of ether oxygens (including phenoxy) is 2. The Balaban J connectivity index is 2.70. The zero-order chi connectivity index (χ0) is 15.4. The Bertz CT molecular complexity index is 755. The van der Waals surface area contributed by atoms with Crippen LogP contribution in [0, 0.1) is 4.77 Å². The first-order valence-corrected chi connectivity index (χ1v) is 7.02. The van der Waals surface area contributed by atoms with Crippen molar-refractivity contribution in [3.8, 4) is 17.0 Å². The number of halogens is 1. The lowest BCUT2D eigenvalue weighted by atomic mass is 10.1. The Labute approximate surface area is 132 Å². The fourth-order valence-corrected chi connectivity index (χ4v) is 2.49. The average molecular weight is 327 g/mol.